The van der Waals surface area contributed by atoms with E-state index in [4.69, 9.17) is 5.73 Å². The summed E-state index contributed by atoms with van der Waals surface area (Å²) < 4.78 is 17.8. The number of nitrogens with zero attached hydrogens (tertiary/aromatic N) is 3. The summed E-state index contributed by atoms with van der Waals surface area (Å²) in [6, 6.07) is 2.74. The smallest absolute Gasteiger partial charge is 0.251 e. The molecule has 2 aromatic rings. The summed E-state index contributed by atoms with van der Waals surface area (Å²) in [5.74, 6) is -0.154. The average Bonchev–Trinajstić information content (AvgIpc) is 3.45. The van der Waals surface area contributed by atoms with Gasteiger partial charge in [0.15, 0.2) is 0 Å². The normalized spacial score (nSPS) is 20.5. The standard InChI is InChI=1S/C18H22FN5OS/c19-15-6-14-16(7-13(15)17(20)25)21-10-22-18(14)24-5-1-2-11(9-24)8-23-26-12-3-4-12/h6-7,10-12,23H,1-5,8-9H2,(H2,20,25). The number of carbonyl (C=O) groups is 1. The molecule has 1 saturated carbocycles. The Morgan fingerprint density at radius 1 is 1.35 bits per heavy atom. The number of rotatable bonds is 6. The molecule has 2 aliphatic rings. The lowest BCUT2D eigenvalue weighted by molar-refractivity contribution is 0.0996. The first-order chi connectivity index (χ1) is 12.6. The van der Waals surface area contributed by atoms with E-state index in [9.17, 15) is 9.18 Å². The van der Waals surface area contributed by atoms with Gasteiger partial charge < -0.3 is 10.6 Å². The monoisotopic (exact) mass is 375 g/mol. The predicted octanol–water partition coefficient (Wildman–Crippen LogP) is 2.48. The SMILES string of the molecule is NC(=O)c1cc2ncnc(N3CCCC(CNSC4CC4)C3)c2cc1F. The lowest BCUT2D eigenvalue weighted by Crippen LogP contribution is -2.39. The minimum absolute atomic E-state index is 0.139. The molecule has 1 aromatic carbocycles. The van der Waals surface area contributed by atoms with Gasteiger partial charge in [-0.05, 0) is 43.7 Å². The summed E-state index contributed by atoms with van der Waals surface area (Å²) in [5.41, 5.74) is 5.63. The number of nitrogens with two attached hydrogens (primary N) is 1. The number of nitrogens with one attached hydrogen (secondary N) is 1. The van der Waals surface area contributed by atoms with Crippen LogP contribution >= 0.6 is 11.9 Å². The van der Waals surface area contributed by atoms with E-state index in [1.165, 1.54) is 37.7 Å². The Morgan fingerprint density at radius 3 is 2.96 bits per heavy atom. The molecule has 0 bridgehead atoms. The van der Waals surface area contributed by atoms with Crippen LogP contribution < -0.4 is 15.4 Å². The summed E-state index contributed by atoms with van der Waals surface area (Å²) >= 11 is 1.85. The van der Waals surface area contributed by atoms with E-state index in [2.05, 4.69) is 19.6 Å². The van der Waals surface area contributed by atoms with Gasteiger partial charge >= 0.3 is 0 Å². The molecule has 1 amide bonds. The van der Waals surface area contributed by atoms with Crippen molar-refractivity contribution in [2.24, 2.45) is 11.7 Å². The van der Waals surface area contributed by atoms with Gasteiger partial charge in [0, 0.05) is 30.3 Å². The minimum Gasteiger partial charge on any atom is -0.366 e. The second kappa shape index (κ2) is 7.36. The maximum absolute atomic E-state index is 14.3. The van der Waals surface area contributed by atoms with E-state index < -0.39 is 11.7 Å². The van der Waals surface area contributed by atoms with E-state index in [0.717, 1.165) is 37.1 Å². The summed E-state index contributed by atoms with van der Waals surface area (Å²) in [6.07, 6.45) is 6.36. The lowest BCUT2D eigenvalue weighted by Gasteiger charge is -2.34. The molecule has 1 unspecified atom stereocenters. The molecule has 2 fully saturated rings. The number of carbonyl (C=O) groups excluding carboxylic acids is 1. The van der Waals surface area contributed by atoms with Crippen LogP contribution in [0.1, 0.15) is 36.0 Å². The number of primary amides is 1. The molecule has 2 heterocycles. The summed E-state index contributed by atoms with van der Waals surface area (Å²) in [7, 11) is 0. The molecule has 1 aliphatic heterocycles. The molecule has 4 rings (SSSR count). The van der Waals surface area contributed by atoms with Crippen molar-refractivity contribution >= 4 is 34.6 Å². The lowest BCUT2D eigenvalue weighted by atomic mass is 9.98. The molecule has 8 heteroatoms. The molecular weight excluding hydrogens is 353 g/mol. The number of benzene rings is 1. The van der Waals surface area contributed by atoms with Gasteiger partial charge in [-0.15, -0.1) is 0 Å². The highest BCUT2D eigenvalue weighted by molar-refractivity contribution is 7.98. The van der Waals surface area contributed by atoms with Crippen molar-refractivity contribution < 1.29 is 9.18 Å². The summed E-state index contributed by atoms with van der Waals surface area (Å²) in [4.78, 5) is 22.2. The molecular formula is C18H22FN5OS. The van der Waals surface area contributed by atoms with Gasteiger partial charge in [0.1, 0.15) is 18.0 Å². The number of fused-ring (bicyclic) bond motifs is 1. The Morgan fingerprint density at radius 2 is 2.19 bits per heavy atom. The Bertz CT molecular complexity index is 829. The Kier molecular flexibility index (Phi) is 4.95. The zero-order chi connectivity index (χ0) is 18.1. The molecule has 3 N–H and O–H groups in total. The Labute approximate surface area is 155 Å². The number of amides is 1. The quantitative estimate of drug-likeness (QED) is 0.755. The van der Waals surface area contributed by atoms with Crippen molar-refractivity contribution in [1.29, 1.82) is 0 Å². The average molecular weight is 375 g/mol. The van der Waals surface area contributed by atoms with Crippen LogP contribution in [-0.2, 0) is 0 Å². The highest BCUT2D eigenvalue weighted by Gasteiger charge is 2.25. The van der Waals surface area contributed by atoms with Crippen LogP contribution in [0.5, 0.6) is 0 Å². The van der Waals surface area contributed by atoms with Crippen LogP contribution in [0.3, 0.4) is 0 Å². The van der Waals surface area contributed by atoms with E-state index in [1.807, 2.05) is 11.9 Å². The van der Waals surface area contributed by atoms with E-state index in [0.29, 0.717) is 16.8 Å². The highest BCUT2D eigenvalue weighted by Crippen LogP contribution is 2.33. The highest BCUT2D eigenvalue weighted by atomic mass is 32.2. The van der Waals surface area contributed by atoms with Crippen LogP contribution in [-0.4, -0.2) is 40.8 Å². The first-order valence-corrected chi connectivity index (χ1v) is 9.87. The third kappa shape index (κ3) is 3.76. The number of hydrogen-bond donors (Lipinski definition) is 2. The number of anilines is 1. The largest absolute Gasteiger partial charge is 0.366 e. The van der Waals surface area contributed by atoms with Crippen LogP contribution in [0.2, 0.25) is 0 Å². The van der Waals surface area contributed by atoms with Crippen molar-refractivity contribution in [2.45, 2.75) is 30.9 Å². The van der Waals surface area contributed by atoms with Gasteiger partial charge in [-0.2, -0.15) is 0 Å². The zero-order valence-corrected chi connectivity index (χ0v) is 15.3. The maximum atomic E-state index is 14.3. The van der Waals surface area contributed by atoms with Crippen LogP contribution in [0.25, 0.3) is 10.9 Å². The topological polar surface area (TPSA) is 84.1 Å². The van der Waals surface area contributed by atoms with Crippen LogP contribution in [0, 0.1) is 11.7 Å². The molecule has 138 valence electrons. The van der Waals surface area contributed by atoms with Crippen molar-refractivity contribution in [3.8, 4) is 0 Å². The third-order valence-corrected chi connectivity index (χ3v) is 6.07. The number of piperidine rings is 1. The number of halogens is 1. The number of hydrogen-bond acceptors (Lipinski definition) is 6. The van der Waals surface area contributed by atoms with Crippen LogP contribution in [0.4, 0.5) is 10.2 Å². The zero-order valence-electron chi connectivity index (χ0n) is 14.4. The molecule has 1 aliphatic carbocycles. The van der Waals surface area contributed by atoms with Gasteiger partial charge in [-0.1, -0.05) is 11.9 Å². The fourth-order valence-corrected chi connectivity index (χ4v) is 4.34. The fraction of sp³-hybridized carbons (Fsp3) is 0.500. The summed E-state index contributed by atoms with van der Waals surface area (Å²) in [6.45, 7) is 2.74. The van der Waals surface area contributed by atoms with Crippen molar-refractivity contribution in [3.05, 3.63) is 29.8 Å². The van der Waals surface area contributed by atoms with E-state index >= 15 is 0 Å². The Hall–Kier alpha value is -1.93. The molecule has 0 radical (unpaired) electrons. The van der Waals surface area contributed by atoms with Gasteiger partial charge in [-0.25, -0.2) is 14.4 Å². The second-order valence-electron chi connectivity index (χ2n) is 7.03. The molecule has 6 nitrogen and oxygen atoms in total. The van der Waals surface area contributed by atoms with E-state index in [-0.39, 0.29) is 5.56 Å². The van der Waals surface area contributed by atoms with Gasteiger partial charge in [-0.3, -0.25) is 9.52 Å². The Balaban J connectivity index is 1.54. The molecule has 1 atom stereocenters. The summed E-state index contributed by atoms with van der Waals surface area (Å²) in [5, 5.41) is 1.42. The van der Waals surface area contributed by atoms with Gasteiger partial charge in [0.25, 0.3) is 5.91 Å². The first-order valence-electron chi connectivity index (χ1n) is 8.99. The number of aromatic nitrogens is 2. The van der Waals surface area contributed by atoms with Crippen molar-refractivity contribution in [2.75, 3.05) is 24.5 Å². The third-order valence-electron chi connectivity index (χ3n) is 4.93. The second-order valence-corrected chi connectivity index (χ2v) is 8.22. The molecule has 1 saturated heterocycles. The predicted molar refractivity (Wildman–Crippen MR) is 102 cm³/mol. The van der Waals surface area contributed by atoms with Gasteiger partial charge in [0.05, 0.1) is 11.1 Å². The van der Waals surface area contributed by atoms with E-state index in [1.54, 1.807) is 0 Å². The first kappa shape index (κ1) is 17.5. The van der Waals surface area contributed by atoms with Crippen LogP contribution in [0.15, 0.2) is 18.5 Å². The fourth-order valence-electron chi connectivity index (χ4n) is 3.40. The molecule has 1 aromatic heterocycles. The molecule has 0 spiro atoms. The maximum Gasteiger partial charge on any atom is 0.251 e. The van der Waals surface area contributed by atoms with Crippen molar-refractivity contribution in [3.63, 3.8) is 0 Å². The molecule has 26 heavy (non-hydrogen) atoms. The van der Waals surface area contributed by atoms with Gasteiger partial charge in [0.2, 0.25) is 0 Å². The van der Waals surface area contributed by atoms with Crippen molar-refractivity contribution in [1.82, 2.24) is 14.7 Å². The minimum atomic E-state index is -0.790.